The van der Waals surface area contributed by atoms with Crippen molar-refractivity contribution in [3.8, 4) is 0 Å². The van der Waals surface area contributed by atoms with Crippen LogP contribution in [0.15, 0.2) is 11.1 Å². The van der Waals surface area contributed by atoms with E-state index in [0.29, 0.717) is 11.3 Å². The van der Waals surface area contributed by atoms with Crippen LogP contribution in [0, 0.1) is 11.3 Å². The molecule has 0 bridgehead atoms. The second kappa shape index (κ2) is 6.16. The zero-order valence-electron chi connectivity index (χ0n) is 10.0. The van der Waals surface area contributed by atoms with Crippen molar-refractivity contribution in [3.63, 3.8) is 0 Å². The summed E-state index contributed by atoms with van der Waals surface area (Å²) in [6.45, 7) is 8.82. The molecule has 0 rings (SSSR count). The predicted octanol–water partition coefficient (Wildman–Crippen LogP) is 4.05. The van der Waals surface area contributed by atoms with Crippen LogP contribution >= 0.6 is 11.6 Å². The molecule has 88 valence electrons. The lowest BCUT2D eigenvalue weighted by Crippen LogP contribution is -2.10. The molecule has 1 atom stereocenters. The van der Waals surface area contributed by atoms with Gasteiger partial charge in [0.2, 0.25) is 0 Å². The first-order valence-corrected chi connectivity index (χ1v) is 5.69. The Morgan fingerprint density at radius 3 is 2.40 bits per heavy atom. The van der Waals surface area contributed by atoms with Crippen molar-refractivity contribution in [2.45, 2.75) is 47.0 Å². The molecule has 0 heterocycles. The van der Waals surface area contributed by atoms with Gasteiger partial charge in [-0.05, 0) is 30.6 Å². The molecule has 0 aromatic rings. The third-order valence-corrected chi connectivity index (χ3v) is 2.46. The molecule has 0 radical (unpaired) electrons. The van der Waals surface area contributed by atoms with Crippen LogP contribution in [0.5, 0.6) is 0 Å². The Labute approximate surface area is 97.3 Å². The Morgan fingerprint density at radius 1 is 1.47 bits per heavy atom. The maximum atomic E-state index is 10.4. The molecule has 0 fully saturated rings. The van der Waals surface area contributed by atoms with Gasteiger partial charge in [-0.2, -0.15) is 0 Å². The van der Waals surface area contributed by atoms with Crippen LogP contribution in [0.25, 0.3) is 0 Å². The molecule has 3 heteroatoms. The van der Waals surface area contributed by atoms with E-state index < -0.39 is 5.97 Å². The Morgan fingerprint density at radius 2 is 2.00 bits per heavy atom. The molecule has 0 aliphatic rings. The summed E-state index contributed by atoms with van der Waals surface area (Å²) in [4.78, 5) is 10.4. The van der Waals surface area contributed by atoms with Gasteiger partial charge in [0.05, 0.1) is 0 Å². The number of carboxylic acid groups (broad SMARTS) is 1. The summed E-state index contributed by atoms with van der Waals surface area (Å²) < 4.78 is 0. The lowest BCUT2D eigenvalue weighted by Gasteiger charge is -2.22. The van der Waals surface area contributed by atoms with Crippen LogP contribution in [0.3, 0.4) is 0 Å². The maximum Gasteiger partial charge on any atom is 0.346 e. The summed E-state index contributed by atoms with van der Waals surface area (Å²) in [5.74, 6) is -0.445. The SMILES string of the molecule is CC(CCC=C(Cl)C(=O)O)CC(C)(C)C. The number of allylic oxidation sites excluding steroid dienone is 1. The number of carboxylic acids is 1. The zero-order valence-corrected chi connectivity index (χ0v) is 10.8. The van der Waals surface area contributed by atoms with Crippen molar-refractivity contribution in [1.29, 1.82) is 0 Å². The van der Waals surface area contributed by atoms with Crippen LogP contribution in [0.4, 0.5) is 0 Å². The summed E-state index contributed by atoms with van der Waals surface area (Å²) in [5.41, 5.74) is 0.333. The topological polar surface area (TPSA) is 37.3 Å². The normalized spacial score (nSPS) is 15.1. The molecular formula is C12H21ClO2. The van der Waals surface area contributed by atoms with Crippen molar-refractivity contribution in [3.05, 3.63) is 11.1 Å². The van der Waals surface area contributed by atoms with E-state index in [0.717, 1.165) is 19.3 Å². The fraction of sp³-hybridized carbons (Fsp3) is 0.750. The number of carbonyl (C=O) groups is 1. The highest BCUT2D eigenvalue weighted by Crippen LogP contribution is 2.26. The van der Waals surface area contributed by atoms with Crippen molar-refractivity contribution < 1.29 is 9.90 Å². The van der Waals surface area contributed by atoms with Gasteiger partial charge in [0.25, 0.3) is 0 Å². The van der Waals surface area contributed by atoms with E-state index in [1.807, 2.05) is 0 Å². The Balaban J connectivity index is 3.87. The Kier molecular flexibility index (Phi) is 5.96. The lowest BCUT2D eigenvalue weighted by molar-refractivity contribution is -0.131. The minimum Gasteiger partial charge on any atom is -0.477 e. The summed E-state index contributed by atoms with van der Waals surface area (Å²) in [5, 5.41) is 8.46. The van der Waals surface area contributed by atoms with Crippen molar-refractivity contribution in [2.75, 3.05) is 0 Å². The predicted molar refractivity (Wildman–Crippen MR) is 64.0 cm³/mol. The smallest absolute Gasteiger partial charge is 0.346 e. The minimum atomic E-state index is -1.04. The number of hydrogen-bond donors (Lipinski definition) is 1. The fourth-order valence-corrected chi connectivity index (χ4v) is 1.84. The van der Waals surface area contributed by atoms with Crippen LogP contribution in [-0.2, 0) is 4.79 Å². The van der Waals surface area contributed by atoms with E-state index >= 15 is 0 Å². The molecule has 15 heavy (non-hydrogen) atoms. The van der Waals surface area contributed by atoms with Crippen molar-refractivity contribution in [2.24, 2.45) is 11.3 Å². The van der Waals surface area contributed by atoms with Crippen LogP contribution < -0.4 is 0 Å². The van der Waals surface area contributed by atoms with E-state index in [2.05, 4.69) is 27.7 Å². The van der Waals surface area contributed by atoms with Crippen LogP contribution in [0.1, 0.15) is 47.0 Å². The first-order valence-electron chi connectivity index (χ1n) is 5.31. The molecule has 0 spiro atoms. The van der Waals surface area contributed by atoms with Gasteiger partial charge in [-0.25, -0.2) is 4.79 Å². The summed E-state index contributed by atoms with van der Waals surface area (Å²) >= 11 is 5.49. The molecule has 0 aromatic heterocycles. The van der Waals surface area contributed by atoms with E-state index in [1.165, 1.54) is 0 Å². The largest absolute Gasteiger partial charge is 0.477 e. The van der Waals surface area contributed by atoms with Crippen molar-refractivity contribution >= 4 is 17.6 Å². The van der Waals surface area contributed by atoms with E-state index in [4.69, 9.17) is 16.7 Å². The van der Waals surface area contributed by atoms with E-state index in [-0.39, 0.29) is 5.03 Å². The monoisotopic (exact) mass is 232 g/mol. The summed E-state index contributed by atoms with van der Waals surface area (Å²) in [7, 11) is 0. The molecule has 1 unspecified atom stereocenters. The summed E-state index contributed by atoms with van der Waals surface area (Å²) in [6.07, 6.45) is 4.46. The average Bonchev–Trinajstić information content (AvgIpc) is 2.00. The van der Waals surface area contributed by atoms with Crippen LogP contribution in [-0.4, -0.2) is 11.1 Å². The highest BCUT2D eigenvalue weighted by molar-refractivity contribution is 6.40. The highest BCUT2D eigenvalue weighted by atomic mass is 35.5. The van der Waals surface area contributed by atoms with Gasteiger partial charge < -0.3 is 5.11 Å². The number of rotatable bonds is 5. The molecule has 0 aliphatic heterocycles. The molecule has 0 saturated carbocycles. The van der Waals surface area contributed by atoms with Crippen LogP contribution in [0.2, 0.25) is 0 Å². The summed E-state index contributed by atoms with van der Waals surface area (Å²) in [6, 6.07) is 0. The third kappa shape index (κ3) is 8.49. The lowest BCUT2D eigenvalue weighted by atomic mass is 9.84. The van der Waals surface area contributed by atoms with Gasteiger partial charge in [-0.15, -0.1) is 0 Å². The van der Waals surface area contributed by atoms with Gasteiger partial charge in [0.15, 0.2) is 0 Å². The average molecular weight is 233 g/mol. The minimum absolute atomic E-state index is 0.0713. The maximum absolute atomic E-state index is 10.4. The Hall–Kier alpha value is -0.500. The number of aliphatic carboxylic acids is 1. The van der Waals surface area contributed by atoms with E-state index in [9.17, 15) is 4.79 Å². The number of halogens is 1. The first-order chi connectivity index (χ1) is 6.72. The Bertz CT molecular complexity index is 238. The zero-order chi connectivity index (χ0) is 12.1. The first kappa shape index (κ1) is 14.5. The standard InChI is InChI=1S/C12H21ClO2/c1-9(8-12(2,3)4)6-5-7-10(13)11(14)15/h7,9H,5-6,8H2,1-4H3,(H,14,15). The second-order valence-corrected chi connectivity index (χ2v) is 5.71. The van der Waals surface area contributed by atoms with Gasteiger partial charge in [0.1, 0.15) is 5.03 Å². The number of hydrogen-bond acceptors (Lipinski definition) is 1. The van der Waals surface area contributed by atoms with Crippen molar-refractivity contribution in [1.82, 2.24) is 0 Å². The van der Waals surface area contributed by atoms with Gasteiger partial charge >= 0.3 is 5.97 Å². The quantitative estimate of drug-likeness (QED) is 0.727. The van der Waals surface area contributed by atoms with Gasteiger partial charge in [-0.3, -0.25) is 0 Å². The molecule has 0 aromatic carbocycles. The fourth-order valence-electron chi connectivity index (χ4n) is 1.73. The molecule has 2 nitrogen and oxygen atoms in total. The molecular weight excluding hydrogens is 212 g/mol. The molecule has 0 amide bonds. The highest BCUT2D eigenvalue weighted by Gasteiger charge is 2.14. The molecule has 1 N–H and O–H groups in total. The van der Waals surface area contributed by atoms with Gasteiger partial charge in [-0.1, -0.05) is 45.4 Å². The third-order valence-electron chi connectivity index (χ3n) is 2.15. The van der Waals surface area contributed by atoms with E-state index in [1.54, 1.807) is 6.08 Å². The van der Waals surface area contributed by atoms with Gasteiger partial charge in [0, 0.05) is 0 Å². The molecule has 0 aliphatic carbocycles. The second-order valence-electron chi connectivity index (χ2n) is 5.30. The molecule has 0 saturated heterocycles.